The summed E-state index contributed by atoms with van der Waals surface area (Å²) in [4.78, 5) is 23.1. The zero-order chi connectivity index (χ0) is 12.4. The maximum atomic E-state index is 11.7. The van der Waals surface area contributed by atoms with Gasteiger partial charge < -0.3 is 14.6 Å². The lowest BCUT2D eigenvalue weighted by Crippen LogP contribution is -2.06. The van der Waals surface area contributed by atoms with E-state index in [9.17, 15) is 9.59 Å². The van der Waals surface area contributed by atoms with Gasteiger partial charge in [0.1, 0.15) is 12.4 Å². The summed E-state index contributed by atoms with van der Waals surface area (Å²) in [5.41, 5.74) is 1.42. The number of esters is 1. The molecule has 0 aromatic heterocycles. The summed E-state index contributed by atoms with van der Waals surface area (Å²) in [5.74, 6) is -0.284. The number of hydrogen-bond donors (Lipinski definition) is 1. The van der Waals surface area contributed by atoms with Crippen LogP contribution >= 0.6 is 0 Å². The number of fused-ring (bicyclic) bond motifs is 1. The van der Waals surface area contributed by atoms with Crippen molar-refractivity contribution in [1.82, 2.24) is 0 Å². The number of aliphatic hydroxyl groups is 1. The van der Waals surface area contributed by atoms with Gasteiger partial charge in [0.25, 0.3) is 0 Å². The second kappa shape index (κ2) is 4.55. The number of hydrogen-bond acceptors (Lipinski definition) is 5. The lowest BCUT2D eigenvalue weighted by atomic mass is 10.0. The Hall–Kier alpha value is -1.88. The van der Waals surface area contributed by atoms with Gasteiger partial charge in [0.2, 0.25) is 0 Å². The van der Waals surface area contributed by atoms with Crippen LogP contribution in [0.15, 0.2) is 12.1 Å². The van der Waals surface area contributed by atoms with Crippen LogP contribution in [0.5, 0.6) is 5.75 Å². The first-order valence-corrected chi connectivity index (χ1v) is 5.19. The molecule has 1 aromatic rings. The summed E-state index contributed by atoms with van der Waals surface area (Å²) in [6.07, 6.45) is 0.00416. The number of benzene rings is 1. The molecule has 0 saturated carbocycles. The van der Waals surface area contributed by atoms with Crippen molar-refractivity contribution in [2.45, 2.75) is 13.0 Å². The summed E-state index contributed by atoms with van der Waals surface area (Å²) in [6.45, 7) is -0.0253. The van der Waals surface area contributed by atoms with Gasteiger partial charge in [0.15, 0.2) is 5.78 Å². The fourth-order valence-corrected chi connectivity index (χ4v) is 1.78. The van der Waals surface area contributed by atoms with Crippen molar-refractivity contribution in [2.75, 3.05) is 13.7 Å². The third-order valence-electron chi connectivity index (χ3n) is 2.64. The van der Waals surface area contributed by atoms with Crippen molar-refractivity contribution >= 4 is 11.8 Å². The highest BCUT2D eigenvalue weighted by Gasteiger charge is 2.25. The van der Waals surface area contributed by atoms with Crippen molar-refractivity contribution < 1.29 is 24.2 Å². The molecule has 0 radical (unpaired) electrons. The molecule has 0 atom stereocenters. The van der Waals surface area contributed by atoms with E-state index in [-0.39, 0.29) is 25.4 Å². The highest BCUT2D eigenvalue weighted by Crippen LogP contribution is 2.29. The van der Waals surface area contributed by atoms with Crippen LogP contribution in [0.2, 0.25) is 0 Å². The van der Waals surface area contributed by atoms with E-state index in [1.54, 1.807) is 6.07 Å². The van der Waals surface area contributed by atoms with Gasteiger partial charge in [-0.3, -0.25) is 4.79 Å². The summed E-state index contributed by atoms with van der Waals surface area (Å²) >= 11 is 0. The number of cyclic esters (lactones) is 1. The zero-order valence-electron chi connectivity index (χ0n) is 9.36. The van der Waals surface area contributed by atoms with Crippen LogP contribution in [0.3, 0.4) is 0 Å². The van der Waals surface area contributed by atoms with Gasteiger partial charge >= 0.3 is 5.97 Å². The van der Waals surface area contributed by atoms with E-state index >= 15 is 0 Å². The van der Waals surface area contributed by atoms with E-state index in [2.05, 4.69) is 0 Å². The van der Waals surface area contributed by atoms with Gasteiger partial charge in [-0.2, -0.15) is 0 Å². The molecule has 1 aromatic carbocycles. The van der Waals surface area contributed by atoms with Crippen LogP contribution in [-0.4, -0.2) is 30.6 Å². The molecular weight excluding hydrogens is 224 g/mol. The van der Waals surface area contributed by atoms with Crippen molar-refractivity contribution in [3.05, 3.63) is 28.8 Å². The van der Waals surface area contributed by atoms with Crippen LogP contribution in [0.4, 0.5) is 0 Å². The SMILES string of the molecule is COc1cc2c(cc1C(=O)CCO)C(=O)OC2. The fraction of sp³-hybridized carbons (Fsp3) is 0.333. The van der Waals surface area contributed by atoms with Gasteiger partial charge in [0.05, 0.1) is 24.8 Å². The molecule has 1 aliphatic rings. The van der Waals surface area contributed by atoms with Crippen molar-refractivity contribution in [2.24, 2.45) is 0 Å². The number of methoxy groups -OCH3 is 1. The van der Waals surface area contributed by atoms with Crippen molar-refractivity contribution in [3.8, 4) is 5.75 Å². The minimum absolute atomic E-state index is 0.00416. The average Bonchev–Trinajstić information content (AvgIpc) is 2.69. The average molecular weight is 236 g/mol. The Balaban J connectivity index is 2.47. The number of ketones is 1. The third-order valence-corrected chi connectivity index (χ3v) is 2.64. The van der Waals surface area contributed by atoms with E-state index in [1.807, 2.05) is 0 Å². The Kier molecular flexibility index (Phi) is 3.10. The monoisotopic (exact) mass is 236 g/mol. The molecule has 0 amide bonds. The second-order valence-electron chi connectivity index (χ2n) is 3.68. The van der Waals surface area contributed by atoms with Crippen LogP contribution in [0.25, 0.3) is 0 Å². The minimum atomic E-state index is -0.430. The number of carbonyl (C=O) groups excluding carboxylic acids is 2. The van der Waals surface area contributed by atoms with Gasteiger partial charge in [-0.05, 0) is 12.1 Å². The van der Waals surface area contributed by atoms with Crippen molar-refractivity contribution in [1.29, 1.82) is 0 Å². The van der Waals surface area contributed by atoms with Crippen LogP contribution < -0.4 is 4.74 Å². The number of Topliss-reactive ketones (excluding diaryl/α,β-unsaturated/α-hetero) is 1. The largest absolute Gasteiger partial charge is 0.496 e. The van der Waals surface area contributed by atoms with Gasteiger partial charge in [0, 0.05) is 12.0 Å². The molecule has 1 N–H and O–H groups in total. The molecule has 17 heavy (non-hydrogen) atoms. The van der Waals surface area contributed by atoms with Gasteiger partial charge in [-0.15, -0.1) is 0 Å². The van der Waals surface area contributed by atoms with E-state index in [0.717, 1.165) is 0 Å². The smallest absolute Gasteiger partial charge is 0.338 e. The summed E-state index contributed by atoms with van der Waals surface area (Å²) in [7, 11) is 1.45. The first-order valence-electron chi connectivity index (χ1n) is 5.19. The first kappa shape index (κ1) is 11.6. The number of aliphatic hydroxyl groups excluding tert-OH is 1. The zero-order valence-corrected chi connectivity index (χ0v) is 9.36. The number of carbonyl (C=O) groups is 2. The third kappa shape index (κ3) is 2.01. The molecule has 0 saturated heterocycles. The first-order chi connectivity index (χ1) is 8.17. The lowest BCUT2D eigenvalue weighted by molar-refractivity contribution is 0.0535. The Labute approximate surface area is 98.0 Å². The van der Waals surface area contributed by atoms with E-state index in [1.165, 1.54) is 13.2 Å². The molecule has 0 unspecified atom stereocenters. The molecule has 0 bridgehead atoms. The molecule has 2 rings (SSSR count). The van der Waals surface area contributed by atoms with Crippen LogP contribution in [0.1, 0.15) is 32.7 Å². The highest BCUT2D eigenvalue weighted by molar-refractivity contribution is 6.02. The molecule has 0 aliphatic carbocycles. The van der Waals surface area contributed by atoms with Gasteiger partial charge in [-0.1, -0.05) is 0 Å². The predicted molar refractivity (Wildman–Crippen MR) is 58.1 cm³/mol. The Morgan fingerprint density at radius 3 is 2.94 bits per heavy atom. The molecule has 5 heteroatoms. The maximum absolute atomic E-state index is 11.7. The summed E-state index contributed by atoms with van der Waals surface area (Å²) in [6, 6.07) is 3.10. The second-order valence-corrected chi connectivity index (χ2v) is 3.68. The lowest BCUT2D eigenvalue weighted by Gasteiger charge is -2.08. The molecule has 0 spiro atoms. The Morgan fingerprint density at radius 2 is 2.29 bits per heavy atom. The summed E-state index contributed by atoms with van der Waals surface area (Å²) < 4.78 is 9.97. The highest BCUT2D eigenvalue weighted by atomic mass is 16.5. The normalized spacial score (nSPS) is 13.2. The van der Waals surface area contributed by atoms with Crippen molar-refractivity contribution in [3.63, 3.8) is 0 Å². The minimum Gasteiger partial charge on any atom is -0.496 e. The van der Waals surface area contributed by atoms with E-state index in [4.69, 9.17) is 14.6 Å². The van der Waals surface area contributed by atoms with E-state index in [0.29, 0.717) is 22.4 Å². The molecule has 5 nitrogen and oxygen atoms in total. The fourth-order valence-electron chi connectivity index (χ4n) is 1.78. The van der Waals surface area contributed by atoms with Crippen LogP contribution in [-0.2, 0) is 11.3 Å². The molecule has 90 valence electrons. The predicted octanol–water partition coefficient (Wildman–Crippen LogP) is 0.931. The van der Waals surface area contributed by atoms with Crippen LogP contribution in [0, 0.1) is 0 Å². The number of rotatable bonds is 4. The molecule has 1 heterocycles. The Bertz CT molecular complexity index is 478. The van der Waals surface area contributed by atoms with Gasteiger partial charge in [-0.25, -0.2) is 4.79 Å². The molecule has 1 aliphatic heterocycles. The standard InChI is InChI=1S/C12H12O5/c1-16-11-4-7-6-17-12(15)8(7)5-9(11)10(14)2-3-13/h4-5,13H,2-3,6H2,1H3. The quantitative estimate of drug-likeness (QED) is 0.622. The molecule has 0 fully saturated rings. The Morgan fingerprint density at radius 1 is 1.53 bits per heavy atom. The maximum Gasteiger partial charge on any atom is 0.338 e. The summed E-state index contributed by atoms with van der Waals surface area (Å²) in [5, 5.41) is 8.75. The molecular formula is C12H12O5. The van der Waals surface area contributed by atoms with E-state index < -0.39 is 5.97 Å². The topological polar surface area (TPSA) is 72.8 Å². The number of ether oxygens (including phenoxy) is 2.